The molecule has 0 aliphatic carbocycles. The number of urea groups is 1. The van der Waals surface area contributed by atoms with Crippen molar-refractivity contribution in [3.63, 3.8) is 0 Å². The van der Waals surface area contributed by atoms with Crippen LogP contribution in [0, 0.1) is 6.92 Å². The summed E-state index contributed by atoms with van der Waals surface area (Å²) < 4.78 is 0. The lowest BCUT2D eigenvalue weighted by atomic mass is 10.3. The molecule has 0 bridgehead atoms. The number of hydrogen-bond donors (Lipinski definition) is 1. The minimum Gasteiger partial charge on any atom is -0.477 e. The molecule has 0 spiro atoms. The molecule has 21 heavy (non-hydrogen) atoms. The van der Waals surface area contributed by atoms with E-state index in [0.29, 0.717) is 23.9 Å². The second kappa shape index (κ2) is 5.17. The van der Waals surface area contributed by atoms with Crippen LogP contribution in [0.5, 0.6) is 0 Å². The fraction of sp³-hybridized carbons (Fsp3) is 0.214. The molecular formula is C14H13N3O3S. The van der Waals surface area contributed by atoms with Crippen molar-refractivity contribution in [2.75, 3.05) is 22.9 Å². The summed E-state index contributed by atoms with van der Waals surface area (Å²) in [5.74, 6) is -1.01. The highest BCUT2D eigenvalue weighted by Crippen LogP contribution is 2.30. The molecule has 0 unspecified atom stereocenters. The highest BCUT2D eigenvalue weighted by atomic mass is 32.1. The summed E-state index contributed by atoms with van der Waals surface area (Å²) in [6.45, 7) is 2.70. The lowest BCUT2D eigenvalue weighted by molar-refractivity contribution is 0.0701. The minimum atomic E-state index is -1.01. The molecule has 1 aromatic heterocycles. The number of nitrogens with zero attached hydrogens (tertiary/aromatic N) is 3. The van der Waals surface area contributed by atoms with Gasteiger partial charge in [-0.3, -0.25) is 9.80 Å². The number of rotatable bonds is 3. The largest absolute Gasteiger partial charge is 0.477 e. The Balaban J connectivity index is 1.87. The van der Waals surface area contributed by atoms with Gasteiger partial charge >= 0.3 is 12.0 Å². The molecule has 2 aromatic rings. The van der Waals surface area contributed by atoms with Gasteiger partial charge in [0.25, 0.3) is 0 Å². The van der Waals surface area contributed by atoms with Gasteiger partial charge in [-0.1, -0.05) is 29.5 Å². The van der Waals surface area contributed by atoms with Gasteiger partial charge in [-0.05, 0) is 19.1 Å². The highest BCUT2D eigenvalue weighted by molar-refractivity contribution is 7.17. The highest BCUT2D eigenvalue weighted by Gasteiger charge is 2.33. The van der Waals surface area contributed by atoms with E-state index < -0.39 is 5.97 Å². The molecule has 2 amide bonds. The number of hydrogen-bond acceptors (Lipinski definition) is 4. The van der Waals surface area contributed by atoms with Crippen molar-refractivity contribution in [1.29, 1.82) is 0 Å². The van der Waals surface area contributed by atoms with E-state index in [4.69, 9.17) is 5.11 Å². The second-order valence-electron chi connectivity index (χ2n) is 4.64. The maximum atomic E-state index is 12.5. The van der Waals surface area contributed by atoms with E-state index in [2.05, 4.69) is 4.98 Å². The van der Waals surface area contributed by atoms with Gasteiger partial charge in [0.15, 0.2) is 5.13 Å². The van der Waals surface area contributed by atoms with Crippen molar-refractivity contribution < 1.29 is 14.7 Å². The Hall–Kier alpha value is -2.41. The molecule has 1 saturated heterocycles. The summed E-state index contributed by atoms with van der Waals surface area (Å²) in [6, 6.07) is 9.22. The van der Waals surface area contributed by atoms with E-state index in [9.17, 15) is 9.59 Å². The minimum absolute atomic E-state index is 0.174. The zero-order chi connectivity index (χ0) is 15.0. The Labute approximate surface area is 125 Å². The second-order valence-corrected chi connectivity index (χ2v) is 5.62. The van der Waals surface area contributed by atoms with Crippen molar-refractivity contribution in [2.24, 2.45) is 0 Å². The van der Waals surface area contributed by atoms with Crippen LogP contribution in [0.1, 0.15) is 15.4 Å². The van der Waals surface area contributed by atoms with Crippen LogP contribution in [-0.4, -0.2) is 35.2 Å². The van der Waals surface area contributed by atoms with Gasteiger partial charge in [-0.25, -0.2) is 14.6 Å². The normalized spacial score (nSPS) is 14.8. The van der Waals surface area contributed by atoms with E-state index in [1.165, 1.54) is 4.90 Å². The third kappa shape index (κ3) is 2.36. The van der Waals surface area contributed by atoms with E-state index in [1.807, 2.05) is 30.3 Å². The van der Waals surface area contributed by atoms with Crippen LogP contribution in [0.4, 0.5) is 15.6 Å². The zero-order valence-electron chi connectivity index (χ0n) is 11.3. The van der Waals surface area contributed by atoms with E-state index in [-0.39, 0.29) is 10.9 Å². The molecule has 2 heterocycles. The molecule has 3 rings (SSSR count). The molecule has 0 radical (unpaired) electrons. The molecule has 6 nitrogen and oxygen atoms in total. The standard InChI is InChI=1S/C14H13N3O3S/c1-9-11(12(18)19)21-13(15-9)17-8-7-16(14(17)20)10-5-3-2-4-6-10/h2-6H,7-8H2,1H3,(H,18,19). The molecule has 108 valence electrons. The lowest BCUT2D eigenvalue weighted by Crippen LogP contribution is -2.31. The number of carboxylic acid groups (broad SMARTS) is 1. The predicted octanol–water partition coefficient (Wildman–Crippen LogP) is 2.60. The van der Waals surface area contributed by atoms with Crippen LogP contribution >= 0.6 is 11.3 Å². The molecular weight excluding hydrogens is 290 g/mol. The van der Waals surface area contributed by atoms with Crippen LogP contribution in [-0.2, 0) is 0 Å². The molecule has 1 fully saturated rings. The summed E-state index contributed by atoms with van der Waals surface area (Å²) in [4.78, 5) is 31.1. The molecule has 7 heteroatoms. The number of carbonyl (C=O) groups is 2. The van der Waals surface area contributed by atoms with Crippen molar-refractivity contribution >= 4 is 34.2 Å². The number of aromatic nitrogens is 1. The SMILES string of the molecule is Cc1nc(N2CCN(c3ccccc3)C2=O)sc1C(=O)O. The third-order valence-electron chi connectivity index (χ3n) is 3.29. The molecule has 1 aliphatic heterocycles. The van der Waals surface area contributed by atoms with Gasteiger partial charge in [0.2, 0.25) is 0 Å². The van der Waals surface area contributed by atoms with Crippen LogP contribution < -0.4 is 9.80 Å². The van der Waals surface area contributed by atoms with E-state index in [1.54, 1.807) is 11.8 Å². The first kappa shape index (κ1) is 13.6. The third-order valence-corrected chi connectivity index (χ3v) is 4.46. The average molecular weight is 303 g/mol. The monoisotopic (exact) mass is 303 g/mol. The summed E-state index contributed by atoms with van der Waals surface area (Å²) in [5.41, 5.74) is 1.27. The molecule has 1 aliphatic rings. The van der Waals surface area contributed by atoms with Gasteiger partial charge in [0.1, 0.15) is 4.88 Å². The topological polar surface area (TPSA) is 73.7 Å². The fourth-order valence-corrected chi connectivity index (χ4v) is 3.18. The molecule has 1 N–H and O–H groups in total. The van der Waals surface area contributed by atoms with Crippen molar-refractivity contribution in [3.8, 4) is 0 Å². The average Bonchev–Trinajstić information content (AvgIpc) is 3.03. The summed E-state index contributed by atoms with van der Waals surface area (Å²) in [5, 5.41) is 9.51. The van der Waals surface area contributed by atoms with Gasteiger partial charge in [-0.2, -0.15) is 0 Å². The number of anilines is 2. The number of thiazole rings is 1. The number of benzene rings is 1. The number of carbonyl (C=O) groups excluding carboxylic acids is 1. The van der Waals surface area contributed by atoms with Crippen molar-refractivity contribution in [2.45, 2.75) is 6.92 Å². The predicted molar refractivity (Wildman–Crippen MR) is 80.3 cm³/mol. The maximum Gasteiger partial charge on any atom is 0.347 e. The van der Waals surface area contributed by atoms with Crippen LogP contribution in [0.2, 0.25) is 0 Å². The number of carboxylic acids is 1. The molecule has 0 atom stereocenters. The number of aryl methyl sites for hydroxylation is 1. The van der Waals surface area contributed by atoms with Crippen LogP contribution in [0.25, 0.3) is 0 Å². The number of amides is 2. The Bertz CT molecular complexity index is 699. The lowest BCUT2D eigenvalue weighted by Gasteiger charge is -2.16. The zero-order valence-corrected chi connectivity index (χ0v) is 12.1. The first-order chi connectivity index (χ1) is 10.1. The first-order valence-corrected chi connectivity index (χ1v) is 7.24. The summed E-state index contributed by atoms with van der Waals surface area (Å²) in [6.07, 6.45) is 0. The quantitative estimate of drug-likeness (QED) is 0.946. The fourth-order valence-electron chi connectivity index (χ4n) is 2.26. The van der Waals surface area contributed by atoms with Crippen LogP contribution in [0.3, 0.4) is 0 Å². The summed E-state index contributed by atoms with van der Waals surface area (Å²) in [7, 11) is 0. The maximum absolute atomic E-state index is 12.5. The van der Waals surface area contributed by atoms with Crippen LogP contribution in [0.15, 0.2) is 30.3 Å². The van der Waals surface area contributed by atoms with Gasteiger partial charge in [-0.15, -0.1) is 0 Å². The number of aromatic carboxylic acids is 1. The van der Waals surface area contributed by atoms with Gasteiger partial charge < -0.3 is 5.11 Å². The van der Waals surface area contributed by atoms with Gasteiger partial charge in [0, 0.05) is 18.8 Å². The summed E-state index contributed by atoms with van der Waals surface area (Å²) >= 11 is 1.03. The van der Waals surface area contributed by atoms with Crippen molar-refractivity contribution in [3.05, 3.63) is 40.9 Å². The first-order valence-electron chi connectivity index (χ1n) is 6.42. The van der Waals surface area contributed by atoms with Crippen molar-refractivity contribution in [1.82, 2.24) is 4.98 Å². The molecule has 0 saturated carbocycles. The van der Waals surface area contributed by atoms with E-state index in [0.717, 1.165) is 17.0 Å². The van der Waals surface area contributed by atoms with E-state index >= 15 is 0 Å². The Kier molecular flexibility index (Phi) is 3.34. The Morgan fingerprint density at radius 2 is 1.90 bits per heavy atom. The Morgan fingerprint density at radius 3 is 2.52 bits per heavy atom. The van der Waals surface area contributed by atoms with Gasteiger partial charge in [0.05, 0.1) is 5.69 Å². The number of para-hydroxylation sites is 1. The molecule has 1 aromatic carbocycles. The smallest absolute Gasteiger partial charge is 0.347 e. The Morgan fingerprint density at radius 1 is 1.24 bits per heavy atom.